The van der Waals surface area contributed by atoms with E-state index in [4.69, 9.17) is 10.2 Å². The van der Waals surface area contributed by atoms with Crippen molar-refractivity contribution in [1.29, 1.82) is 0 Å². The molecule has 0 aliphatic carbocycles. The van der Waals surface area contributed by atoms with Gasteiger partial charge in [-0.3, -0.25) is 0 Å². The topological polar surface area (TPSA) is 89.9 Å². The molecule has 0 radical (unpaired) electrons. The van der Waals surface area contributed by atoms with Crippen LogP contribution in [0.1, 0.15) is 20.8 Å². The Bertz CT molecular complexity index is 353. The third-order valence-corrected chi connectivity index (χ3v) is 2.41. The minimum Gasteiger partial charge on any atom is -0.480 e. The largest absolute Gasteiger partial charge is 0.480 e. The lowest BCUT2D eigenvalue weighted by Gasteiger charge is -2.31. The van der Waals surface area contributed by atoms with Crippen LogP contribution in [0.3, 0.4) is 0 Å². The smallest absolute Gasteiger partial charge is 0.406 e. The number of carboxylic acids is 1. The number of rotatable bonds is 5. The molecular formula is C11H19F3N2O4. The number of aliphatic hydroxyl groups is 1. The number of urea groups is 1. The molecule has 1 unspecified atom stereocenters. The van der Waals surface area contributed by atoms with Crippen LogP contribution in [-0.2, 0) is 4.79 Å². The number of hydrogen-bond acceptors (Lipinski definition) is 3. The predicted octanol–water partition coefficient (Wildman–Crippen LogP) is 1.05. The van der Waals surface area contributed by atoms with E-state index in [1.807, 2.05) is 5.32 Å². The van der Waals surface area contributed by atoms with Crippen LogP contribution in [0, 0.1) is 5.41 Å². The van der Waals surface area contributed by atoms with Crippen molar-refractivity contribution in [3.05, 3.63) is 0 Å². The van der Waals surface area contributed by atoms with Crippen LogP contribution in [-0.4, -0.2) is 59.0 Å². The van der Waals surface area contributed by atoms with E-state index in [0.717, 1.165) is 0 Å². The van der Waals surface area contributed by atoms with Gasteiger partial charge in [0.15, 0.2) is 0 Å². The highest BCUT2D eigenvalue weighted by Gasteiger charge is 2.37. The van der Waals surface area contributed by atoms with E-state index >= 15 is 0 Å². The molecule has 3 N–H and O–H groups in total. The van der Waals surface area contributed by atoms with Gasteiger partial charge in [0, 0.05) is 6.54 Å². The van der Waals surface area contributed by atoms with E-state index in [1.165, 1.54) is 20.8 Å². The molecular weight excluding hydrogens is 281 g/mol. The fourth-order valence-corrected chi connectivity index (χ4v) is 1.45. The van der Waals surface area contributed by atoms with Crippen LogP contribution in [0.4, 0.5) is 18.0 Å². The summed E-state index contributed by atoms with van der Waals surface area (Å²) >= 11 is 0. The van der Waals surface area contributed by atoms with E-state index in [0.29, 0.717) is 4.90 Å². The third-order valence-electron chi connectivity index (χ3n) is 2.41. The van der Waals surface area contributed by atoms with Crippen molar-refractivity contribution >= 4 is 12.0 Å². The molecule has 0 rings (SSSR count). The first kappa shape index (κ1) is 18.5. The predicted molar refractivity (Wildman–Crippen MR) is 64.1 cm³/mol. The van der Waals surface area contributed by atoms with Crippen LogP contribution >= 0.6 is 0 Å². The first-order valence-corrected chi connectivity index (χ1v) is 5.84. The summed E-state index contributed by atoms with van der Waals surface area (Å²) in [5.74, 6) is -1.35. The fraction of sp³-hybridized carbons (Fsp3) is 0.818. The zero-order valence-electron chi connectivity index (χ0n) is 11.5. The van der Waals surface area contributed by atoms with Crippen molar-refractivity contribution in [3.63, 3.8) is 0 Å². The number of halogens is 3. The molecule has 0 saturated heterocycles. The number of nitrogens with zero attached hydrogens (tertiary/aromatic N) is 1. The van der Waals surface area contributed by atoms with Gasteiger partial charge >= 0.3 is 18.2 Å². The van der Waals surface area contributed by atoms with Crippen LogP contribution in [0.5, 0.6) is 0 Å². The minimum atomic E-state index is -4.63. The normalized spacial score (nSPS) is 13.8. The van der Waals surface area contributed by atoms with Crippen molar-refractivity contribution in [1.82, 2.24) is 10.2 Å². The molecule has 0 spiro atoms. The number of carbonyl (C=O) groups is 2. The highest BCUT2D eigenvalue weighted by Crippen LogP contribution is 2.21. The highest BCUT2D eigenvalue weighted by atomic mass is 19.4. The van der Waals surface area contributed by atoms with Crippen LogP contribution in [0.25, 0.3) is 0 Å². The lowest BCUT2D eigenvalue weighted by Crippen LogP contribution is -2.55. The summed E-state index contributed by atoms with van der Waals surface area (Å²) in [5, 5.41) is 19.7. The van der Waals surface area contributed by atoms with Crippen molar-refractivity contribution in [2.24, 2.45) is 5.41 Å². The Morgan fingerprint density at radius 2 is 1.75 bits per heavy atom. The first-order valence-electron chi connectivity index (χ1n) is 5.84. The zero-order valence-corrected chi connectivity index (χ0v) is 11.5. The molecule has 6 nitrogen and oxygen atoms in total. The molecule has 0 aliphatic heterocycles. The molecule has 0 aromatic heterocycles. The first-order chi connectivity index (χ1) is 8.88. The monoisotopic (exact) mass is 300 g/mol. The van der Waals surface area contributed by atoms with Crippen molar-refractivity contribution in [2.45, 2.75) is 33.0 Å². The number of carboxylic acid groups (broad SMARTS) is 1. The van der Waals surface area contributed by atoms with Crippen molar-refractivity contribution in [2.75, 3.05) is 19.7 Å². The van der Waals surface area contributed by atoms with Gasteiger partial charge in [-0.1, -0.05) is 20.8 Å². The van der Waals surface area contributed by atoms with Gasteiger partial charge in [-0.2, -0.15) is 13.2 Å². The fourth-order valence-electron chi connectivity index (χ4n) is 1.45. The molecule has 1 atom stereocenters. The summed E-state index contributed by atoms with van der Waals surface area (Å²) in [6, 6.07) is -2.52. The minimum absolute atomic E-state index is 0.321. The van der Waals surface area contributed by atoms with Crippen LogP contribution < -0.4 is 5.32 Å². The van der Waals surface area contributed by atoms with Gasteiger partial charge in [0.25, 0.3) is 0 Å². The number of amides is 2. The lowest BCUT2D eigenvalue weighted by atomic mass is 9.87. The Morgan fingerprint density at radius 3 is 2.05 bits per heavy atom. The molecule has 0 fully saturated rings. The molecule has 20 heavy (non-hydrogen) atoms. The Labute approximate surface area is 114 Å². The standard InChI is InChI=1S/C11H19F3N2O4/c1-10(2,3)7(8(18)19)15-9(20)16(4-5-17)6-11(12,13)14/h7,17H,4-6H2,1-3H3,(H,15,20)(H,18,19). The summed E-state index contributed by atoms with van der Waals surface area (Å²) in [6.07, 6.45) is -4.63. The number of aliphatic hydroxyl groups excluding tert-OH is 1. The second-order valence-corrected chi connectivity index (χ2v) is 5.35. The molecule has 0 saturated carbocycles. The Balaban J connectivity index is 4.94. The van der Waals surface area contributed by atoms with Gasteiger partial charge in [-0.05, 0) is 5.41 Å². The zero-order chi connectivity index (χ0) is 16.1. The Kier molecular flexibility index (Phi) is 6.27. The molecule has 0 aromatic rings. The maximum atomic E-state index is 12.3. The highest BCUT2D eigenvalue weighted by molar-refractivity contribution is 5.83. The lowest BCUT2D eigenvalue weighted by molar-refractivity contribution is -0.143. The SMILES string of the molecule is CC(C)(C)C(NC(=O)N(CCO)CC(F)(F)F)C(=O)O. The van der Waals surface area contributed by atoms with E-state index in [1.54, 1.807) is 0 Å². The molecule has 118 valence electrons. The van der Waals surface area contributed by atoms with Gasteiger partial charge < -0.3 is 20.4 Å². The molecule has 0 bridgehead atoms. The van der Waals surface area contributed by atoms with Gasteiger partial charge in [0.2, 0.25) is 0 Å². The maximum absolute atomic E-state index is 12.3. The van der Waals surface area contributed by atoms with Crippen LogP contribution in [0.2, 0.25) is 0 Å². The van der Waals surface area contributed by atoms with Gasteiger partial charge in [-0.25, -0.2) is 9.59 Å². The summed E-state index contributed by atoms with van der Waals surface area (Å²) in [4.78, 5) is 23.1. The molecule has 0 aliphatic rings. The van der Waals surface area contributed by atoms with Gasteiger partial charge in [-0.15, -0.1) is 0 Å². The third kappa shape index (κ3) is 6.60. The molecule has 2 amide bonds. The molecule has 9 heteroatoms. The van der Waals surface area contributed by atoms with Crippen LogP contribution in [0.15, 0.2) is 0 Å². The summed E-state index contributed by atoms with van der Waals surface area (Å²) in [5.41, 5.74) is -0.870. The molecule has 0 aromatic carbocycles. The maximum Gasteiger partial charge on any atom is 0.406 e. The van der Waals surface area contributed by atoms with Crippen molar-refractivity contribution in [3.8, 4) is 0 Å². The quantitative estimate of drug-likeness (QED) is 0.708. The number of nitrogens with one attached hydrogen (secondary N) is 1. The van der Waals surface area contributed by atoms with E-state index in [-0.39, 0.29) is 0 Å². The number of alkyl halides is 3. The van der Waals surface area contributed by atoms with Gasteiger partial charge in [0.1, 0.15) is 12.6 Å². The van der Waals surface area contributed by atoms with E-state index in [9.17, 15) is 22.8 Å². The summed E-state index contributed by atoms with van der Waals surface area (Å²) < 4.78 is 36.9. The Morgan fingerprint density at radius 1 is 1.25 bits per heavy atom. The number of carbonyl (C=O) groups excluding carboxylic acids is 1. The molecule has 0 heterocycles. The second-order valence-electron chi connectivity index (χ2n) is 5.35. The second kappa shape index (κ2) is 6.78. The van der Waals surface area contributed by atoms with E-state index < -0.39 is 49.3 Å². The van der Waals surface area contributed by atoms with E-state index in [2.05, 4.69) is 0 Å². The average Bonchev–Trinajstić information content (AvgIpc) is 2.20. The summed E-state index contributed by atoms with van der Waals surface area (Å²) in [6.45, 7) is 1.85. The number of hydrogen-bond donors (Lipinski definition) is 3. The average molecular weight is 300 g/mol. The summed E-state index contributed by atoms with van der Waals surface area (Å²) in [7, 11) is 0. The Hall–Kier alpha value is -1.51. The number of aliphatic carboxylic acids is 1. The van der Waals surface area contributed by atoms with Crippen molar-refractivity contribution < 1.29 is 33.0 Å². The van der Waals surface area contributed by atoms with Gasteiger partial charge in [0.05, 0.1) is 6.61 Å².